The number of methoxy groups -OCH3 is 1. The van der Waals surface area contributed by atoms with Crippen LogP contribution in [0.4, 0.5) is 0 Å². The van der Waals surface area contributed by atoms with Gasteiger partial charge in [-0.2, -0.15) is 0 Å². The first kappa shape index (κ1) is 19.2. The van der Waals surface area contributed by atoms with Gasteiger partial charge in [0.1, 0.15) is 5.75 Å². The summed E-state index contributed by atoms with van der Waals surface area (Å²) in [7, 11) is 1.67. The van der Waals surface area contributed by atoms with E-state index in [-0.39, 0.29) is 11.3 Å². The lowest BCUT2D eigenvalue weighted by Gasteiger charge is -2.38. The van der Waals surface area contributed by atoms with Crippen molar-refractivity contribution in [1.29, 1.82) is 0 Å². The number of carbonyl (C=O) groups excluding carboxylic acids is 1. The molecule has 27 heavy (non-hydrogen) atoms. The van der Waals surface area contributed by atoms with E-state index in [1.165, 1.54) is 11.1 Å². The third-order valence-electron chi connectivity index (χ3n) is 5.26. The van der Waals surface area contributed by atoms with Crippen molar-refractivity contribution in [2.24, 2.45) is 0 Å². The molecule has 1 aliphatic rings. The molecule has 1 saturated heterocycles. The molecule has 0 bridgehead atoms. The number of hydrogen-bond donors (Lipinski definition) is 1. The Kier molecular flexibility index (Phi) is 6.30. The Morgan fingerprint density at radius 3 is 2.41 bits per heavy atom. The fourth-order valence-electron chi connectivity index (χ4n) is 3.44. The minimum Gasteiger partial charge on any atom is -0.497 e. The molecule has 0 saturated carbocycles. The van der Waals surface area contributed by atoms with Gasteiger partial charge in [-0.05, 0) is 49.1 Å². The van der Waals surface area contributed by atoms with Gasteiger partial charge in [-0.25, -0.2) is 0 Å². The van der Waals surface area contributed by atoms with Gasteiger partial charge in [-0.1, -0.05) is 42.0 Å². The minimum atomic E-state index is -0.0993. The van der Waals surface area contributed by atoms with Crippen molar-refractivity contribution in [1.82, 2.24) is 5.32 Å². The van der Waals surface area contributed by atoms with E-state index in [4.69, 9.17) is 9.47 Å². The van der Waals surface area contributed by atoms with Crippen LogP contribution in [0.3, 0.4) is 0 Å². The summed E-state index contributed by atoms with van der Waals surface area (Å²) in [4.78, 5) is 12.4. The first-order valence-electron chi connectivity index (χ1n) is 9.36. The van der Waals surface area contributed by atoms with Crippen LogP contribution in [-0.4, -0.2) is 32.8 Å². The monoisotopic (exact) mass is 365 g/mol. The highest BCUT2D eigenvalue weighted by Crippen LogP contribution is 2.35. The van der Waals surface area contributed by atoms with Crippen LogP contribution in [0.5, 0.6) is 5.75 Å². The van der Waals surface area contributed by atoms with Gasteiger partial charge in [-0.15, -0.1) is 0 Å². The van der Waals surface area contributed by atoms with Gasteiger partial charge in [0.25, 0.3) is 0 Å². The summed E-state index contributed by atoms with van der Waals surface area (Å²) in [6.45, 7) is 4.06. The molecule has 0 aliphatic carbocycles. The standard InChI is InChI=1S/C23H27NO3/c1-18-3-5-19(6-4-18)7-12-22(25)24-17-23(13-15-27-16-14-23)20-8-10-21(26-2)11-9-20/h3-12H,13-17H2,1-2H3,(H,24,25)/b12-7+. The molecule has 1 heterocycles. The van der Waals surface area contributed by atoms with E-state index in [9.17, 15) is 4.79 Å². The van der Waals surface area contributed by atoms with Gasteiger partial charge in [0.05, 0.1) is 7.11 Å². The number of amides is 1. The van der Waals surface area contributed by atoms with Gasteiger partial charge in [-0.3, -0.25) is 4.79 Å². The molecule has 1 amide bonds. The number of hydrogen-bond acceptors (Lipinski definition) is 3. The molecule has 142 valence electrons. The van der Waals surface area contributed by atoms with Crippen LogP contribution in [0.1, 0.15) is 29.5 Å². The Bertz CT molecular complexity index is 772. The highest BCUT2D eigenvalue weighted by Gasteiger charge is 2.34. The number of ether oxygens (including phenoxy) is 2. The Balaban J connectivity index is 1.67. The molecule has 1 N–H and O–H groups in total. The quantitative estimate of drug-likeness (QED) is 0.790. The SMILES string of the molecule is COc1ccc(C2(CNC(=O)/C=C/c3ccc(C)cc3)CCOCC2)cc1. The van der Waals surface area contributed by atoms with Gasteiger partial charge >= 0.3 is 0 Å². The van der Waals surface area contributed by atoms with Crippen LogP contribution in [0, 0.1) is 6.92 Å². The van der Waals surface area contributed by atoms with Crippen LogP contribution in [0.25, 0.3) is 6.08 Å². The maximum atomic E-state index is 12.4. The summed E-state index contributed by atoms with van der Waals surface area (Å²) in [5.41, 5.74) is 3.34. The Labute approximate surface area is 161 Å². The molecular formula is C23H27NO3. The maximum Gasteiger partial charge on any atom is 0.244 e. The van der Waals surface area contributed by atoms with Crippen molar-refractivity contribution in [2.75, 3.05) is 26.9 Å². The molecule has 1 aliphatic heterocycles. The molecule has 3 rings (SSSR count). The minimum absolute atomic E-state index is 0.0741. The topological polar surface area (TPSA) is 47.6 Å². The van der Waals surface area contributed by atoms with Crippen LogP contribution in [0.15, 0.2) is 54.6 Å². The van der Waals surface area contributed by atoms with Crippen molar-refractivity contribution in [3.63, 3.8) is 0 Å². The van der Waals surface area contributed by atoms with E-state index in [0.29, 0.717) is 19.8 Å². The summed E-state index contributed by atoms with van der Waals surface area (Å²) in [5, 5.41) is 3.09. The molecular weight excluding hydrogens is 338 g/mol. The van der Waals surface area contributed by atoms with Gasteiger partial charge < -0.3 is 14.8 Å². The fraction of sp³-hybridized carbons (Fsp3) is 0.348. The largest absolute Gasteiger partial charge is 0.497 e. The van der Waals surface area contributed by atoms with Crippen LogP contribution in [-0.2, 0) is 14.9 Å². The van der Waals surface area contributed by atoms with Crippen molar-refractivity contribution in [3.8, 4) is 5.75 Å². The second-order valence-corrected chi connectivity index (χ2v) is 7.08. The van der Waals surface area contributed by atoms with Gasteiger partial charge in [0, 0.05) is 31.2 Å². The van der Waals surface area contributed by atoms with E-state index < -0.39 is 0 Å². The average Bonchev–Trinajstić information content (AvgIpc) is 2.72. The van der Waals surface area contributed by atoms with E-state index >= 15 is 0 Å². The summed E-state index contributed by atoms with van der Waals surface area (Å²) in [6.07, 6.45) is 5.23. The zero-order chi connectivity index (χ0) is 19.1. The maximum absolute atomic E-state index is 12.4. The van der Waals surface area contributed by atoms with Crippen LogP contribution in [0.2, 0.25) is 0 Å². The molecule has 2 aromatic carbocycles. The van der Waals surface area contributed by atoms with Crippen LogP contribution < -0.4 is 10.1 Å². The van der Waals surface area contributed by atoms with Crippen LogP contribution >= 0.6 is 0 Å². The van der Waals surface area contributed by atoms with Crippen molar-refractivity contribution in [3.05, 3.63) is 71.3 Å². The lowest BCUT2D eigenvalue weighted by atomic mass is 9.74. The molecule has 2 aromatic rings. The third-order valence-corrected chi connectivity index (χ3v) is 5.26. The van der Waals surface area contributed by atoms with Crippen molar-refractivity contribution < 1.29 is 14.3 Å². The first-order chi connectivity index (χ1) is 13.1. The lowest BCUT2D eigenvalue weighted by molar-refractivity contribution is -0.116. The normalized spacial score (nSPS) is 16.2. The van der Waals surface area contributed by atoms with E-state index in [0.717, 1.165) is 24.2 Å². The Hall–Kier alpha value is -2.59. The van der Waals surface area contributed by atoms with Gasteiger partial charge in [0.15, 0.2) is 0 Å². The molecule has 0 unspecified atom stereocenters. The first-order valence-corrected chi connectivity index (χ1v) is 9.36. The smallest absolute Gasteiger partial charge is 0.244 e. The van der Waals surface area contributed by atoms with Crippen molar-refractivity contribution in [2.45, 2.75) is 25.2 Å². The molecule has 4 nitrogen and oxygen atoms in total. The second-order valence-electron chi connectivity index (χ2n) is 7.08. The van der Waals surface area contributed by atoms with E-state index in [2.05, 4.69) is 17.4 Å². The fourth-order valence-corrected chi connectivity index (χ4v) is 3.44. The molecule has 1 fully saturated rings. The molecule has 4 heteroatoms. The Morgan fingerprint density at radius 1 is 1.11 bits per heavy atom. The molecule has 0 atom stereocenters. The number of nitrogens with one attached hydrogen (secondary N) is 1. The summed E-state index contributed by atoms with van der Waals surface area (Å²) in [5.74, 6) is 0.765. The predicted molar refractivity (Wildman–Crippen MR) is 108 cm³/mol. The third kappa shape index (κ3) is 4.98. The van der Waals surface area contributed by atoms with E-state index in [1.807, 2.05) is 49.4 Å². The van der Waals surface area contributed by atoms with Gasteiger partial charge in [0.2, 0.25) is 5.91 Å². The van der Waals surface area contributed by atoms with E-state index in [1.54, 1.807) is 13.2 Å². The summed E-state index contributed by atoms with van der Waals surface area (Å²) < 4.78 is 10.8. The highest BCUT2D eigenvalue weighted by molar-refractivity contribution is 5.91. The molecule has 0 radical (unpaired) electrons. The number of carbonyl (C=O) groups is 1. The Morgan fingerprint density at radius 2 is 1.78 bits per heavy atom. The predicted octanol–water partition coefficient (Wildman–Crippen LogP) is 3.88. The summed E-state index contributed by atoms with van der Waals surface area (Å²) in [6, 6.07) is 16.2. The lowest BCUT2D eigenvalue weighted by Crippen LogP contribution is -2.44. The zero-order valence-electron chi connectivity index (χ0n) is 16.0. The number of aryl methyl sites for hydroxylation is 1. The summed E-state index contributed by atoms with van der Waals surface area (Å²) >= 11 is 0. The number of rotatable bonds is 6. The highest BCUT2D eigenvalue weighted by atomic mass is 16.5. The van der Waals surface area contributed by atoms with Crippen molar-refractivity contribution >= 4 is 12.0 Å². The zero-order valence-corrected chi connectivity index (χ0v) is 16.0. The number of benzene rings is 2. The molecule has 0 aromatic heterocycles. The molecule has 0 spiro atoms. The average molecular weight is 365 g/mol. The second kappa shape index (κ2) is 8.87.